The molecule has 1 aromatic heterocycles. The summed E-state index contributed by atoms with van der Waals surface area (Å²) in [6.07, 6.45) is 4.20. The van der Waals surface area contributed by atoms with Crippen molar-refractivity contribution in [2.45, 2.75) is 25.8 Å². The predicted molar refractivity (Wildman–Crippen MR) is 101 cm³/mol. The van der Waals surface area contributed by atoms with E-state index in [4.69, 9.17) is 0 Å². The molecule has 0 aliphatic carbocycles. The van der Waals surface area contributed by atoms with Crippen molar-refractivity contribution in [3.8, 4) is 0 Å². The smallest absolute Gasteiger partial charge is 0.270 e. The third-order valence-electron chi connectivity index (χ3n) is 5.08. The van der Waals surface area contributed by atoms with E-state index in [2.05, 4.69) is 34.3 Å². The largest absolute Gasteiger partial charge is 0.346 e. The van der Waals surface area contributed by atoms with Gasteiger partial charge in [0, 0.05) is 24.2 Å². The first kappa shape index (κ1) is 19.0. The summed E-state index contributed by atoms with van der Waals surface area (Å²) in [6, 6.07) is 8.40. The summed E-state index contributed by atoms with van der Waals surface area (Å²) in [7, 11) is 0. The second kappa shape index (κ2) is 7.68. The SMILES string of the molecule is Cc1ccc2cnc(C(=O)N[C@H]3CN4CCC3CC4)cc2c1.Cl.Cl. The van der Waals surface area contributed by atoms with Crippen LogP contribution < -0.4 is 5.32 Å². The zero-order valence-electron chi connectivity index (χ0n) is 13.7. The Balaban J connectivity index is 0.00000104. The number of nitrogens with zero attached hydrogens (tertiary/aromatic N) is 2. The van der Waals surface area contributed by atoms with E-state index in [9.17, 15) is 4.79 Å². The lowest BCUT2D eigenvalue weighted by atomic mass is 9.84. The number of rotatable bonds is 2. The van der Waals surface area contributed by atoms with Crippen LogP contribution in [-0.4, -0.2) is 41.5 Å². The average molecular weight is 368 g/mol. The highest BCUT2D eigenvalue weighted by Gasteiger charge is 2.35. The molecule has 4 nitrogen and oxygen atoms in total. The van der Waals surface area contributed by atoms with Crippen LogP contribution in [0.15, 0.2) is 30.5 Å². The fraction of sp³-hybridized carbons (Fsp3) is 0.444. The topological polar surface area (TPSA) is 45.2 Å². The summed E-state index contributed by atoms with van der Waals surface area (Å²) in [4.78, 5) is 19.3. The minimum atomic E-state index is -0.0397. The van der Waals surface area contributed by atoms with Gasteiger partial charge in [0.2, 0.25) is 0 Å². The number of halogens is 2. The van der Waals surface area contributed by atoms with Crippen molar-refractivity contribution in [3.63, 3.8) is 0 Å². The maximum absolute atomic E-state index is 12.5. The van der Waals surface area contributed by atoms with Gasteiger partial charge in [-0.1, -0.05) is 23.8 Å². The second-order valence-electron chi connectivity index (χ2n) is 6.64. The molecule has 3 fully saturated rings. The van der Waals surface area contributed by atoms with Gasteiger partial charge in [-0.05, 0) is 50.2 Å². The van der Waals surface area contributed by atoms with Crippen molar-refractivity contribution in [3.05, 3.63) is 41.7 Å². The van der Waals surface area contributed by atoms with Crippen LogP contribution in [0.3, 0.4) is 0 Å². The molecule has 1 atom stereocenters. The normalized spacial score (nSPS) is 24.8. The second-order valence-corrected chi connectivity index (χ2v) is 6.64. The highest BCUT2D eigenvalue weighted by Crippen LogP contribution is 2.27. The number of nitrogens with one attached hydrogen (secondary N) is 1. The van der Waals surface area contributed by atoms with Crippen LogP contribution in [0.5, 0.6) is 0 Å². The standard InChI is InChI=1S/C18H21N3O.2ClH/c1-12-2-3-14-10-19-16(9-15(14)8-12)18(22)20-17-11-21-6-4-13(17)5-7-21;;/h2-3,8-10,13,17H,4-7,11H2,1H3,(H,20,22);2*1H/t17-;;/m0../s1. The van der Waals surface area contributed by atoms with Crippen LogP contribution in [0.4, 0.5) is 0 Å². The molecule has 2 bridgehead atoms. The van der Waals surface area contributed by atoms with Crippen molar-refractivity contribution >= 4 is 41.5 Å². The molecule has 0 radical (unpaired) electrons. The number of carbonyl (C=O) groups excluding carboxylic acids is 1. The summed E-state index contributed by atoms with van der Waals surface area (Å²) in [5.41, 5.74) is 1.72. The molecule has 4 heterocycles. The van der Waals surface area contributed by atoms with Gasteiger partial charge >= 0.3 is 0 Å². The molecule has 6 heteroatoms. The Kier molecular flexibility index (Phi) is 6.07. The van der Waals surface area contributed by atoms with Gasteiger partial charge in [0.05, 0.1) is 0 Å². The molecule has 1 N–H and O–H groups in total. The zero-order chi connectivity index (χ0) is 15.1. The Bertz CT molecular complexity index is 729. The Morgan fingerprint density at radius 2 is 1.92 bits per heavy atom. The molecule has 5 rings (SSSR count). The summed E-state index contributed by atoms with van der Waals surface area (Å²) in [6.45, 7) is 5.42. The third kappa shape index (κ3) is 3.66. The highest BCUT2D eigenvalue weighted by atomic mass is 35.5. The first-order valence-corrected chi connectivity index (χ1v) is 8.09. The van der Waals surface area contributed by atoms with Gasteiger partial charge in [0.25, 0.3) is 5.91 Å². The number of piperidine rings is 3. The van der Waals surface area contributed by atoms with Gasteiger partial charge in [0.1, 0.15) is 5.69 Å². The Labute approximate surface area is 154 Å². The average Bonchev–Trinajstić information content (AvgIpc) is 2.55. The van der Waals surface area contributed by atoms with E-state index >= 15 is 0 Å². The van der Waals surface area contributed by atoms with Gasteiger partial charge in [-0.25, -0.2) is 0 Å². The van der Waals surface area contributed by atoms with E-state index < -0.39 is 0 Å². The van der Waals surface area contributed by atoms with Crippen molar-refractivity contribution in [2.24, 2.45) is 5.92 Å². The van der Waals surface area contributed by atoms with Gasteiger partial charge in [-0.2, -0.15) is 0 Å². The Morgan fingerprint density at radius 3 is 2.58 bits per heavy atom. The quantitative estimate of drug-likeness (QED) is 0.886. The summed E-state index contributed by atoms with van der Waals surface area (Å²) >= 11 is 0. The Hall–Kier alpha value is -1.36. The maximum Gasteiger partial charge on any atom is 0.270 e. The minimum Gasteiger partial charge on any atom is -0.346 e. The van der Waals surface area contributed by atoms with Gasteiger partial charge < -0.3 is 10.2 Å². The third-order valence-corrected chi connectivity index (χ3v) is 5.08. The van der Waals surface area contributed by atoms with E-state index in [-0.39, 0.29) is 36.8 Å². The number of fused-ring (bicyclic) bond motifs is 4. The molecule has 3 aliphatic rings. The number of hydrogen-bond acceptors (Lipinski definition) is 3. The molecule has 0 saturated carbocycles. The fourth-order valence-electron chi connectivity index (χ4n) is 3.76. The van der Waals surface area contributed by atoms with Crippen molar-refractivity contribution in [1.29, 1.82) is 0 Å². The molecule has 1 aromatic carbocycles. The van der Waals surface area contributed by atoms with Crippen molar-refractivity contribution < 1.29 is 4.79 Å². The Morgan fingerprint density at radius 1 is 1.17 bits per heavy atom. The number of pyridine rings is 1. The van der Waals surface area contributed by atoms with E-state index in [0.717, 1.165) is 17.3 Å². The van der Waals surface area contributed by atoms with Crippen LogP contribution >= 0.6 is 24.8 Å². The van der Waals surface area contributed by atoms with Crippen LogP contribution in [-0.2, 0) is 0 Å². The van der Waals surface area contributed by atoms with Crippen molar-refractivity contribution in [1.82, 2.24) is 15.2 Å². The minimum absolute atomic E-state index is 0. The van der Waals surface area contributed by atoms with Crippen LogP contribution in [0.2, 0.25) is 0 Å². The molecule has 130 valence electrons. The lowest BCUT2D eigenvalue weighted by Gasteiger charge is -2.44. The van der Waals surface area contributed by atoms with E-state index in [1.165, 1.54) is 31.5 Å². The monoisotopic (exact) mass is 367 g/mol. The van der Waals surface area contributed by atoms with E-state index in [1.807, 2.05) is 12.1 Å². The number of hydrogen-bond donors (Lipinski definition) is 1. The number of aryl methyl sites for hydroxylation is 1. The first-order valence-electron chi connectivity index (χ1n) is 8.09. The van der Waals surface area contributed by atoms with Crippen molar-refractivity contribution in [2.75, 3.05) is 19.6 Å². The predicted octanol–water partition coefficient (Wildman–Crippen LogP) is 3.21. The molecular weight excluding hydrogens is 345 g/mol. The van der Waals surface area contributed by atoms with Crippen LogP contribution in [0.25, 0.3) is 10.8 Å². The number of amides is 1. The molecule has 0 unspecified atom stereocenters. The number of benzene rings is 1. The molecule has 2 aromatic rings. The molecule has 3 saturated heterocycles. The molecular formula is C18H23Cl2N3O. The summed E-state index contributed by atoms with van der Waals surface area (Å²) in [5, 5.41) is 5.35. The molecule has 1 amide bonds. The van der Waals surface area contributed by atoms with Gasteiger partial charge in [0.15, 0.2) is 0 Å². The zero-order valence-corrected chi connectivity index (χ0v) is 15.3. The molecule has 24 heavy (non-hydrogen) atoms. The lowest BCUT2D eigenvalue weighted by molar-refractivity contribution is 0.0618. The van der Waals surface area contributed by atoms with Crippen LogP contribution in [0.1, 0.15) is 28.9 Å². The number of carbonyl (C=O) groups is 1. The molecule has 3 aliphatic heterocycles. The van der Waals surface area contributed by atoms with E-state index in [1.54, 1.807) is 6.20 Å². The van der Waals surface area contributed by atoms with Gasteiger partial charge in [-0.3, -0.25) is 9.78 Å². The highest BCUT2D eigenvalue weighted by molar-refractivity contribution is 5.96. The lowest BCUT2D eigenvalue weighted by Crippen LogP contribution is -2.57. The van der Waals surface area contributed by atoms with Gasteiger partial charge in [-0.15, -0.1) is 24.8 Å². The summed E-state index contributed by atoms with van der Waals surface area (Å²) in [5.74, 6) is 0.596. The van der Waals surface area contributed by atoms with E-state index in [0.29, 0.717) is 11.6 Å². The fourth-order valence-corrected chi connectivity index (χ4v) is 3.76. The number of aromatic nitrogens is 1. The first-order chi connectivity index (χ1) is 10.7. The molecule has 0 spiro atoms. The maximum atomic E-state index is 12.5. The summed E-state index contributed by atoms with van der Waals surface area (Å²) < 4.78 is 0. The van der Waals surface area contributed by atoms with Crippen LogP contribution in [0, 0.1) is 12.8 Å².